The quantitative estimate of drug-likeness (QED) is 0.241. The van der Waals surface area contributed by atoms with E-state index in [0.717, 1.165) is 45.8 Å². The van der Waals surface area contributed by atoms with Crippen LogP contribution in [0.5, 0.6) is 0 Å². The molecule has 214 valence electrons. The number of carbonyl (C=O) groups excluding carboxylic acids is 1. The summed E-state index contributed by atoms with van der Waals surface area (Å²) >= 11 is 1.62. The van der Waals surface area contributed by atoms with Crippen LogP contribution in [0, 0.1) is 6.92 Å². The first-order valence-corrected chi connectivity index (χ1v) is 15.0. The van der Waals surface area contributed by atoms with Crippen LogP contribution < -0.4 is 16.2 Å². The van der Waals surface area contributed by atoms with Gasteiger partial charge in [-0.15, -0.1) is 16.4 Å². The van der Waals surface area contributed by atoms with Crippen LogP contribution in [0.4, 0.5) is 17.2 Å². The number of nitrogens with zero attached hydrogens (tertiary/aromatic N) is 4. The highest BCUT2D eigenvalue weighted by atomic mass is 32.1. The Balaban J connectivity index is 1.36. The maximum Gasteiger partial charge on any atom is 0.274 e. The zero-order valence-electron chi connectivity index (χ0n) is 24.5. The Kier molecular flexibility index (Phi) is 8.65. The zero-order valence-corrected chi connectivity index (χ0v) is 25.3. The van der Waals surface area contributed by atoms with Gasteiger partial charge in [0.1, 0.15) is 5.69 Å². The number of pyridine rings is 1. The van der Waals surface area contributed by atoms with Crippen molar-refractivity contribution in [2.75, 3.05) is 17.7 Å². The molecular weight excluding hydrogens is 532 g/mol. The fourth-order valence-electron chi connectivity index (χ4n) is 5.08. The van der Waals surface area contributed by atoms with Crippen molar-refractivity contribution in [1.29, 1.82) is 0 Å². The summed E-state index contributed by atoms with van der Waals surface area (Å²) in [7, 11) is 3.78. The third-order valence-corrected chi connectivity index (χ3v) is 9.06. The van der Waals surface area contributed by atoms with Crippen LogP contribution in [0.2, 0.25) is 0 Å². The second-order valence-corrected chi connectivity index (χ2v) is 12.3. The average molecular weight is 571 g/mol. The van der Waals surface area contributed by atoms with Gasteiger partial charge in [-0.25, -0.2) is 0 Å². The molecule has 0 fully saturated rings. The summed E-state index contributed by atoms with van der Waals surface area (Å²) in [6, 6.07) is 13.9. The molecule has 0 spiro atoms. The van der Waals surface area contributed by atoms with Gasteiger partial charge in [-0.05, 0) is 101 Å². The van der Waals surface area contributed by atoms with Crippen molar-refractivity contribution in [3.8, 4) is 11.1 Å². The molecule has 5 rings (SSSR count). The Morgan fingerprint density at radius 2 is 1.88 bits per heavy atom. The van der Waals surface area contributed by atoms with Crippen molar-refractivity contribution in [2.45, 2.75) is 65.5 Å². The molecule has 1 aliphatic rings. The van der Waals surface area contributed by atoms with Crippen molar-refractivity contribution in [3.63, 3.8) is 0 Å². The number of benzene rings is 1. The van der Waals surface area contributed by atoms with Gasteiger partial charge in [-0.1, -0.05) is 18.6 Å². The molecule has 9 heteroatoms. The Morgan fingerprint density at radius 1 is 1.07 bits per heavy atom. The Bertz CT molecular complexity index is 1580. The maximum absolute atomic E-state index is 13.2. The van der Waals surface area contributed by atoms with Gasteiger partial charge < -0.3 is 15.2 Å². The lowest BCUT2D eigenvalue weighted by Gasteiger charge is -2.20. The Labute approximate surface area is 245 Å². The van der Waals surface area contributed by atoms with Crippen LogP contribution in [0.25, 0.3) is 11.1 Å². The van der Waals surface area contributed by atoms with Gasteiger partial charge in [0.15, 0.2) is 5.82 Å². The molecule has 3 aromatic heterocycles. The largest absolute Gasteiger partial charge is 0.334 e. The summed E-state index contributed by atoms with van der Waals surface area (Å²) in [5.74, 6) is 0.426. The molecular formula is C32H38N6O2S. The summed E-state index contributed by atoms with van der Waals surface area (Å²) in [5, 5.41) is 14.9. The number of thiophene rings is 1. The number of aromatic nitrogens is 3. The zero-order chi connectivity index (χ0) is 29.1. The SMILES string of the molecule is Cc1c(NC(=O)c2cc3c(s2)CCCCC3)cccc1-c1cc(Nc2ccc(CN(C)C(C)C)nn2)c(=O)n(C)c1. The number of hydrogen-bond acceptors (Lipinski definition) is 7. The van der Waals surface area contributed by atoms with Crippen LogP contribution in [0.3, 0.4) is 0 Å². The van der Waals surface area contributed by atoms with Crippen molar-refractivity contribution in [2.24, 2.45) is 7.05 Å². The van der Waals surface area contributed by atoms with E-state index >= 15 is 0 Å². The predicted octanol–water partition coefficient (Wildman–Crippen LogP) is 6.32. The van der Waals surface area contributed by atoms with E-state index in [0.29, 0.717) is 24.1 Å². The molecule has 0 aliphatic heterocycles. The van der Waals surface area contributed by atoms with Gasteiger partial charge in [0.05, 0.1) is 10.6 Å². The number of rotatable bonds is 8. The van der Waals surface area contributed by atoms with E-state index in [2.05, 4.69) is 45.6 Å². The van der Waals surface area contributed by atoms with Crippen LogP contribution in [0.1, 0.15) is 64.5 Å². The fraction of sp³-hybridized carbons (Fsp3) is 0.375. The van der Waals surface area contributed by atoms with Crippen LogP contribution in [-0.2, 0) is 26.4 Å². The Hall–Kier alpha value is -3.82. The standard InChI is InChI=1S/C32H38N6O2S/c1-20(2)37(4)19-24-14-15-30(36-35-24)33-27-16-23(18-38(5)32(27)40)25-11-9-12-26(21(25)3)34-31(39)29-17-22-10-7-6-8-13-28(22)41-29/h9,11-12,14-18,20H,6-8,10,13,19H2,1-5H3,(H,33,36)(H,34,39). The number of hydrogen-bond donors (Lipinski definition) is 2. The Morgan fingerprint density at radius 3 is 2.63 bits per heavy atom. The molecule has 41 heavy (non-hydrogen) atoms. The number of fused-ring (bicyclic) bond motifs is 1. The highest BCUT2D eigenvalue weighted by molar-refractivity contribution is 7.14. The maximum atomic E-state index is 13.2. The van der Waals surface area contributed by atoms with Crippen LogP contribution in [-0.4, -0.2) is 38.7 Å². The molecule has 3 heterocycles. The highest BCUT2D eigenvalue weighted by Crippen LogP contribution is 2.32. The summed E-state index contributed by atoms with van der Waals surface area (Å²) < 4.78 is 1.56. The van der Waals surface area contributed by atoms with E-state index in [4.69, 9.17) is 0 Å². The first-order valence-electron chi connectivity index (χ1n) is 14.2. The molecule has 1 aromatic carbocycles. The molecule has 0 saturated carbocycles. The van der Waals surface area contributed by atoms with E-state index in [1.807, 2.05) is 56.6 Å². The topological polar surface area (TPSA) is 92.2 Å². The van der Waals surface area contributed by atoms with Gasteiger partial charge in [0.2, 0.25) is 0 Å². The number of carbonyl (C=O) groups is 1. The van der Waals surface area contributed by atoms with Crippen molar-refractivity contribution in [1.82, 2.24) is 19.7 Å². The molecule has 0 bridgehead atoms. The monoisotopic (exact) mass is 570 g/mol. The molecule has 4 aromatic rings. The van der Waals surface area contributed by atoms with E-state index in [-0.39, 0.29) is 11.5 Å². The minimum Gasteiger partial charge on any atom is -0.334 e. The molecule has 0 atom stereocenters. The summed E-state index contributed by atoms with van der Waals surface area (Å²) in [6.45, 7) is 6.96. The lowest BCUT2D eigenvalue weighted by Crippen LogP contribution is -2.26. The van der Waals surface area contributed by atoms with Crippen molar-refractivity contribution in [3.05, 3.63) is 85.6 Å². The number of nitrogens with one attached hydrogen (secondary N) is 2. The summed E-state index contributed by atoms with van der Waals surface area (Å²) in [6.07, 6.45) is 7.58. The summed E-state index contributed by atoms with van der Waals surface area (Å²) in [5.41, 5.74) is 5.90. The minimum absolute atomic E-state index is 0.0762. The van der Waals surface area contributed by atoms with Gasteiger partial charge in [0.25, 0.3) is 11.5 Å². The highest BCUT2D eigenvalue weighted by Gasteiger charge is 2.18. The first kappa shape index (κ1) is 28.7. The second kappa shape index (κ2) is 12.4. The molecule has 0 saturated heterocycles. The molecule has 0 radical (unpaired) electrons. The average Bonchev–Trinajstić information content (AvgIpc) is 3.23. The number of aryl methyl sites for hydroxylation is 3. The van der Waals surface area contributed by atoms with Gasteiger partial charge >= 0.3 is 0 Å². The lowest BCUT2D eigenvalue weighted by atomic mass is 10.00. The molecule has 0 unspecified atom stereocenters. The molecule has 1 aliphatic carbocycles. The predicted molar refractivity (Wildman–Crippen MR) is 167 cm³/mol. The normalized spacial score (nSPS) is 13.2. The first-order chi connectivity index (χ1) is 19.7. The smallest absolute Gasteiger partial charge is 0.274 e. The van der Waals surface area contributed by atoms with Gasteiger partial charge in [-0.2, -0.15) is 5.10 Å². The third-order valence-electron chi connectivity index (χ3n) is 7.82. The second-order valence-electron chi connectivity index (χ2n) is 11.2. The van der Waals surface area contributed by atoms with Gasteiger partial charge in [0, 0.05) is 42.0 Å². The van der Waals surface area contributed by atoms with Crippen molar-refractivity contribution < 1.29 is 4.79 Å². The number of amides is 1. The number of anilines is 3. The third kappa shape index (κ3) is 6.57. The molecule has 2 N–H and O–H groups in total. The summed E-state index contributed by atoms with van der Waals surface area (Å²) in [4.78, 5) is 30.5. The fourth-order valence-corrected chi connectivity index (χ4v) is 6.23. The van der Waals surface area contributed by atoms with Gasteiger partial charge in [-0.3, -0.25) is 14.5 Å². The van der Waals surface area contributed by atoms with E-state index in [9.17, 15) is 9.59 Å². The van der Waals surface area contributed by atoms with Crippen LogP contribution in [0.15, 0.2) is 53.5 Å². The minimum atomic E-state index is -0.168. The van der Waals surface area contributed by atoms with E-state index < -0.39 is 0 Å². The molecule has 1 amide bonds. The molecule has 8 nitrogen and oxygen atoms in total. The van der Waals surface area contributed by atoms with E-state index in [1.165, 1.54) is 29.7 Å². The lowest BCUT2D eigenvalue weighted by molar-refractivity contribution is 0.103. The van der Waals surface area contributed by atoms with Crippen LogP contribution >= 0.6 is 11.3 Å². The van der Waals surface area contributed by atoms with Crippen molar-refractivity contribution >= 4 is 34.4 Å². The van der Waals surface area contributed by atoms with E-state index in [1.54, 1.807) is 23.0 Å².